The molecule has 0 bridgehead atoms. The van der Waals surface area contributed by atoms with Gasteiger partial charge in [-0.25, -0.2) is 4.98 Å². The summed E-state index contributed by atoms with van der Waals surface area (Å²) in [5, 5.41) is 12.9. The van der Waals surface area contributed by atoms with E-state index in [1.165, 1.54) is 5.56 Å². The van der Waals surface area contributed by atoms with Gasteiger partial charge in [-0.05, 0) is 31.0 Å². The zero-order valence-electron chi connectivity index (χ0n) is 12.2. The molecule has 0 aliphatic heterocycles. The Balaban J connectivity index is 1.97. The van der Waals surface area contributed by atoms with Crippen molar-refractivity contribution in [3.63, 3.8) is 0 Å². The molecule has 108 valence electrons. The Morgan fingerprint density at radius 1 is 1.30 bits per heavy atom. The van der Waals surface area contributed by atoms with Crippen molar-refractivity contribution in [1.29, 1.82) is 0 Å². The number of nitrogens with zero attached hydrogens (tertiary/aromatic N) is 2. The summed E-state index contributed by atoms with van der Waals surface area (Å²) in [6.45, 7) is 5.13. The van der Waals surface area contributed by atoms with Crippen LogP contribution in [0.2, 0.25) is 0 Å². The second-order valence-corrected chi connectivity index (χ2v) is 5.46. The highest BCUT2D eigenvalue weighted by molar-refractivity contribution is 5.34. The second kappa shape index (κ2) is 6.68. The Hall–Kier alpha value is -1.65. The van der Waals surface area contributed by atoms with E-state index in [1.54, 1.807) is 12.5 Å². The predicted octanol–water partition coefficient (Wildman–Crippen LogP) is 2.51. The Bertz CT molecular complexity index is 507. The molecule has 1 atom stereocenters. The van der Waals surface area contributed by atoms with E-state index >= 15 is 0 Å². The SMILES string of the molecule is CCCC(C)(CO)NCc1ccc(-n2ccnc2)cc1. The fourth-order valence-electron chi connectivity index (χ4n) is 2.29. The highest BCUT2D eigenvalue weighted by Crippen LogP contribution is 2.14. The lowest BCUT2D eigenvalue weighted by atomic mass is 9.97. The first kappa shape index (κ1) is 14.8. The molecule has 4 nitrogen and oxygen atoms in total. The van der Waals surface area contributed by atoms with E-state index in [4.69, 9.17) is 0 Å². The molecule has 2 rings (SSSR count). The fourth-order valence-corrected chi connectivity index (χ4v) is 2.29. The number of imidazole rings is 1. The number of hydrogen-bond donors (Lipinski definition) is 2. The lowest BCUT2D eigenvalue weighted by molar-refractivity contribution is 0.163. The summed E-state index contributed by atoms with van der Waals surface area (Å²) in [5.41, 5.74) is 2.12. The Labute approximate surface area is 120 Å². The van der Waals surface area contributed by atoms with Gasteiger partial charge in [-0.1, -0.05) is 25.5 Å². The molecule has 0 fully saturated rings. The largest absolute Gasteiger partial charge is 0.394 e. The van der Waals surface area contributed by atoms with E-state index in [0.29, 0.717) is 0 Å². The van der Waals surface area contributed by atoms with Crippen LogP contribution in [0.1, 0.15) is 32.3 Å². The van der Waals surface area contributed by atoms with Crippen molar-refractivity contribution in [2.75, 3.05) is 6.61 Å². The van der Waals surface area contributed by atoms with Gasteiger partial charge >= 0.3 is 0 Å². The van der Waals surface area contributed by atoms with Crippen molar-refractivity contribution in [3.8, 4) is 5.69 Å². The van der Waals surface area contributed by atoms with Crippen LogP contribution in [0.3, 0.4) is 0 Å². The van der Waals surface area contributed by atoms with Gasteiger partial charge in [-0.15, -0.1) is 0 Å². The van der Waals surface area contributed by atoms with Crippen molar-refractivity contribution < 1.29 is 5.11 Å². The molecule has 0 aliphatic rings. The highest BCUT2D eigenvalue weighted by Gasteiger charge is 2.20. The maximum atomic E-state index is 9.49. The summed E-state index contributed by atoms with van der Waals surface area (Å²) < 4.78 is 1.98. The summed E-state index contributed by atoms with van der Waals surface area (Å²) in [5.74, 6) is 0. The monoisotopic (exact) mass is 273 g/mol. The molecule has 1 aromatic heterocycles. The molecule has 2 aromatic rings. The van der Waals surface area contributed by atoms with E-state index in [-0.39, 0.29) is 12.1 Å². The summed E-state index contributed by atoms with van der Waals surface area (Å²) >= 11 is 0. The van der Waals surface area contributed by atoms with Gasteiger partial charge in [-0.2, -0.15) is 0 Å². The van der Waals surface area contributed by atoms with Gasteiger partial charge in [0.05, 0.1) is 12.9 Å². The molecule has 0 aliphatic carbocycles. The molecule has 0 saturated heterocycles. The van der Waals surface area contributed by atoms with Crippen LogP contribution in [0.4, 0.5) is 0 Å². The predicted molar refractivity (Wildman–Crippen MR) is 80.8 cm³/mol. The van der Waals surface area contributed by atoms with Crippen LogP contribution in [0.15, 0.2) is 43.0 Å². The second-order valence-electron chi connectivity index (χ2n) is 5.46. The zero-order valence-corrected chi connectivity index (χ0v) is 12.2. The van der Waals surface area contributed by atoms with Crippen LogP contribution >= 0.6 is 0 Å². The topological polar surface area (TPSA) is 50.1 Å². The fraction of sp³-hybridized carbons (Fsp3) is 0.438. The van der Waals surface area contributed by atoms with Crippen LogP contribution in [0.5, 0.6) is 0 Å². The number of aliphatic hydroxyl groups is 1. The number of aliphatic hydroxyl groups excluding tert-OH is 1. The van der Waals surface area contributed by atoms with Gasteiger partial charge in [0.15, 0.2) is 0 Å². The molecular formula is C16H23N3O. The van der Waals surface area contributed by atoms with Crippen LogP contribution in [0.25, 0.3) is 5.69 Å². The van der Waals surface area contributed by atoms with Crippen LogP contribution in [-0.2, 0) is 6.54 Å². The number of benzene rings is 1. The van der Waals surface area contributed by atoms with Crippen LogP contribution in [0, 0.1) is 0 Å². The Kier molecular flexibility index (Phi) is 4.93. The molecular weight excluding hydrogens is 250 g/mol. The van der Waals surface area contributed by atoms with Crippen molar-refractivity contribution in [1.82, 2.24) is 14.9 Å². The van der Waals surface area contributed by atoms with Crippen molar-refractivity contribution >= 4 is 0 Å². The summed E-state index contributed by atoms with van der Waals surface area (Å²) in [7, 11) is 0. The first-order valence-electron chi connectivity index (χ1n) is 7.10. The minimum Gasteiger partial charge on any atom is -0.394 e. The number of aromatic nitrogens is 2. The Morgan fingerprint density at radius 2 is 2.05 bits per heavy atom. The molecule has 0 spiro atoms. The van der Waals surface area contributed by atoms with Gasteiger partial charge in [0.1, 0.15) is 0 Å². The smallest absolute Gasteiger partial charge is 0.0991 e. The van der Waals surface area contributed by atoms with Gasteiger partial charge in [0.2, 0.25) is 0 Å². The number of rotatable bonds is 7. The lowest BCUT2D eigenvalue weighted by Gasteiger charge is -2.28. The maximum absolute atomic E-state index is 9.49. The standard InChI is InChI=1S/C16H23N3O/c1-3-8-16(2,12-20)18-11-14-4-6-15(7-5-14)19-10-9-17-13-19/h4-7,9-10,13,18,20H,3,8,11-12H2,1-2H3. The summed E-state index contributed by atoms with van der Waals surface area (Å²) in [4.78, 5) is 4.04. The molecule has 0 amide bonds. The summed E-state index contributed by atoms with van der Waals surface area (Å²) in [6, 6.07) is 8.36. The normalized spacial score (nSPS) is 14.2. The van der Waals surface area contributed by atoms with Crippen molar-refractivity contribution in [2.24, 2.45) is 0 Å². The van der Waals surface area contributed by atoms with Gasteiger partial charge in [0, 0.05) is 30.2 Å². The first-order chi connectivity index (χ1) is 9.67. The van der Waals surface area contributed by atoms with Gasteiger partial charge < -0.3 is 15.0 Å². The minimum atomic E-state index is -0.197. The average molecular weight is 273 g/mol. The highest BCUT2D eigenvalue weighted by atomic mass is 16.3. The molecule has 1 aromatic carbocycles. The number of nitrogens with one attached hydrogen (secondary N) is 1. The zero-order chi connectivity index (χ0) is 14.4. The van der Waals surface area contributed by atoms with E-state index in [0.717, 1.165) is 25.1 Å². The van der Waals surface area contributed by atoms with E-state index in [9.17, 15) is 5.11 Å². The van der Waals surface area contributed by atoms with E-state index in [2.05, 4.69) is 48.4 Å². The molecule has 1 unspecified atom stereocenters. The molecule has 0 saturated carbocycles. The van der Waals surface area contributed by atoms with Crippen LogP contribution < -0.4 is 5.32 Å². The van der Waals surface area contributed by atoms with Crippen LogP contribution in [-0.4, -0.2) is 26.8 Å². The average Bonchev–Trinajstić information content (AvgIpc) is 3.00. The van der Waals surface area contributed by atoms with Gasteiger partial charge in [-0.3, -0.25) is 0 Å². The third kappa shape index (κ3) is 3.68. The minimum absolute atomic E-state index is 0.161. The molecule has 1 heterocycles. The molecule has 2 N–H and O–H groups in total. The van der Waals surface area contributed by atoms with E-state index < -0.39 is 0 Å². The first-order valence-corrected chi connectivity index (χ1v) is 7.10. The Morgan fingerprint density at radius 3 is 2.60 bits per heavy atom. The molecule has 0 radical (unpaired) electrons. The third-order valence-electron chi connectivity index (χ3n) is 3.61. The number of hydrogen-bond acceptors (Lipinski definition) is 3. The molecule has 4 heteroatoms. The van der Waals surface area contributed by atoms with Crippen molar-refractivity contribution in [2.45, 2.75) is 38.8 Å². The van der Waals surface area contributed by atoms with E-state index in [1.807, 2.05) is 10.8 Å². The van der Waals surface area contributed by atoms with Gasteiger partial charge in [0.25, 0.3) is 0 Å². The quantitative estimate of drug-likeness (QED) is 0.815. The third-order valence-corrected chi connectivity index (χ3v) is 3.61. The molecule has 20 heavy (non-hydrogen) atoms. The maximum Gasteiger partial charge on any atom is 0.0991 e. The lowest BCUT2D eigenvalue weighted by Crippen LogP contribution is -2.45. The summed E-state index contributed by atoms with van der Waals surface area (Å²) in [6.07, 6.45) is 7.52. The van der Waals surface area contributed by atoms with Crippen molar-refractivity contribution in [3.05, 3.63) is 48.5 Å².